The molecule has 3 heteroatoms. The zero-order valence-electron chi connectivity index (χ0n) is 10.9. The first-order valence-electron chi connectivity index (χ1n) is 6.43. The van der Waals surface area contributed by atoms with E-state index in [2.05, 4.69) is 49.4 Å². The zero-order chi connectivity index (χ0) is 13.2. The summed E-state index contributed by atoms with van der Waals surface area (Å²) >= 11 is 1.75. The maximum Gasteiger partial charge on any atom is 0.124 e. The Bertz CT molecular complexity index is 716. The van der Waals surface area contributed by atoms with Crippen molar-refractivity contribution >= 4 is 21.6 Å². The lowest BCUT2D eigenvalue weighted by molar-refractivity contribution is 0.969. The third-order valence-electron chi connectivity index (χ3n) is 3.15. The molecule has 0 aliphatic carbocycles. The molecular weight excluding hydrogens is 252 g/mol. The molecule has 0 aliphatic rings. The highest BCUT2D eigenvalue weighted by Gasteiger charge is 2.06. The molecule has 2 nitrogen and oxygen atoms in total. The van der Waals surface area contributed by atoms with Crippen LogP contribution in [0.1, 0.15) is 11.1 Å². The average Bonchev–Trinajstić information content (AvgIpc) is 2.82. The number of benzene rings is 2. The topological polar surface area (TPSA) is 38.9 Å². The summed E-state index contributed by atoms with van der Waals surface area (Å²) in [6.45, 7) is 2.79. The summed E-state index contributed by atoms with van der Waals surface area (Å²) in [7, 11) is 0. The van der Waals surface area contributed by atoms with Gasteiger partial charge in [0.05, 0.1) is 10.2 Å². The van der Waals surface area contributed by atoms with E-state index >= 15 is 0 Å². The number of aromatic nitrogens is 1. The number of nitrogens with zero attached hydrogens (tertiary/aromatic N) is 1. The second-order valence-corrected chi connectivity index (χ2v) is 5.76. The predicted octanol–water partition coefficient (Wildman–Crippen LogP) is 3.77. The summed E-state index contributed by atoms with van der Waals surface area (Å²) in [6.07, 6.45) is 0.915. The first-order valence-corrected chi connectivity index (χ1v) is 7.24. The number of rotatable bonds is 3. The molecule has 0 unspecified atom stereocenters. The van der Waals surface area contributed by atoms with Crippen LogP contribution in [0.2, 0.25) is 0 Å². The van der Waals surface area contributed by atoms with E-state index in [-0.39, 0.29) is 0 Å². The second kappa shape index (κ2) is 5.11. The van der Waals surface area contributed by atoms with Crippen LogP contribution in [0.3, 0.4) is 0 Å². The highest BCUT2D eigenvalue weighted by molar-refractivity contribution is 7.21. The summed E-state index contributed by atoms with van der Waals surface area (Å²) in [5, 5.41) is 1.08. The van der Waals surface area contributed by atoms with Crippen molar-refractivity contribution in [1.82, 2.24) is 4.98 Å². The van der Waals surface area contributed by atoms with Crippen molar-refractivity contribution in [3.05, 3.63) is 53.6 Å². The molecule has 0 saturated carbocycles. The monoisotopic (exact) mass is 268 g/mol. The largest absolute Gasteiger partial charge is 0.330 e. The first-order chi connectivity index (χ1) is 9.26. The van der Waals surface area contributed by atoms with Crippen molar-refractivity contribution in [3.63, 3.8) is 0 Å². The van der Waals surface area contributed by atoms with Gasteiger partial charge in [-0.05, 0) is 49.2 Å². The Kier molecular flexibility index (Phi) is 3.32. The molecule has 0 radical (unpaired) electrons. The zero-order valence-corrected chi connectivity index (χ0v) is 11.7. The Morgan fingerprint density at radius 3 is 2.89 bits per heavy atom. The molecule has 0 saturated heterocycles. The van der Waals surface area contributed by atoms with Crippen LogP contribution >= 0.6 is 11.3 Å². The Morgan fingerprint density at radius 2 is 2.05 bits per heavy atom. The van der Waals surface area contributed by atoms with Crippen LogP contribution in [-0.2, 0) is 6.42 Å². The van der Waals surface area contributed by atoms with E-state index in [0.29, 0.717) is 6.54 Å². The summed E-state index contributed by atoms with van der Waals surface area (Å²) in [4.78, 5) is 4.71. The lowest BCUT2D eigenvalue weighted by Gasteiger charge is -2.01. The smallest absolute Gasteiger partial charge is 0.124 e. The Morgan fingerprint density at radius 1 is 1.16 bits per heavy atom. The molecule has 0 bridgehead atoms. The highest BCUT2D eigenvalue weighted by atomic mass is 32.1. The minimum absolute atomic E-state index is 0.683. The number of aryl methyl sites for hydroxylation is 1. The number of hydrogen-bond acceptors (Lipinski definition) is 3. The van der Waals surface area contributed by atoms with Crippen molar-refractivity contribution in [2.24, 2.45) is 5.73 Å². The third-order valence-corrected chi connectivity index (χ3v) is 4.22. The van der Waals surface area contributed by atoms with Gasteiger partial charge >= 0.3 is 0 Å². The normalized spacial score (nSPS) is 11.1. The molecule has 0 aliphatic heterocycles. The fraction of sp³-hybridized carbons (Fsp3) is 0.188. The molecule has 2 N–H and O–H groups in total. The Labute approximate surface area is 116 Å². The van der Waals surface area contributed by atoms with Crippen LogP contribution in [-0.4, -0.2) is 11.5 Å². The number of nitrogens with two attached hydrogens (primary N) is 1. The van der Waals surface area contributed by atoms with E-state index in [9.17, 15) is 0 Å². The van der Waals surface area contributed by atoms with Crippen LogP contribution in [0.25, 0.3) is 20.8 Å². The maximum absolute atomic E-state index is 5.61. The van der Waals surface area contributed by atoms with Crippen LogP contribution in [0, 0.1) is 6.92 Å². The van der Waals surface area contributed by atoms with Crippen LogP contribution in [0.4, 0.5) is 0 Å². The molecular formula is C16H16N2S. The van der Waals surface area contributed by atoms with Gasteiger partial charge in [0.2, 0.25) is 0 Å². The van der Waals surface area contributed by atoms with E-state index in [4.69, 9.17) is 10.7 Å². The van der Waals surface area contributed by atoms with E-state index in [1.807, 2.05) is 0 Å². The summed E-state index contributed by atoms with van der Waals surface area (Å²) in [5.74, 6) is 0. The lowest BCUT2D eigenvalue weighted by atomic mass is 10.1. The summed E-state index contributed by atoms with van der Waals surface area (Å²) < 4.78 is 1.25. The summed E-state index contributed by atoms with van der Waals surface area (Å²) in [6, 6.07) is 14.9. The first kappa shape index (κ1) is 12.3. The predicted molar refractivity (Wildman–Crippen MR) is 82.6 cm³/mol. The number of hydrogen-bond donors (Lipinski definition) is 1. The van der Waals surface area contributed by atoms with Gasteiger partial charge in [-0.3, -0.25) is 0 Å². The maximum atomic E-state index is 5.61. The molecule has 3 rings (SSSR count). The molecule has 1 heterocycles. The van der Waals surface area contributed by atoms with Crippen molar-refractivity contribution < 1.29 is 0 Å². The molecule has 19 heavy (non-hydrogen) atoms. The van der Waals surface area contributed by atoms with Crippen LogP contribution in [0.5, 0.6) is 0 Å². The van der Waals surface area contributed by atoms with Crippen LogP contribution in [0.15, 0.2) is 42.5 Å². The van der Waals surface area contributed by atoms with Crippen molar-refractivity contribution in [1.29, 1.82) is 0 Å². The molecule has 0 atom stereocenters. The van der Waals surface area contributed by atoms with E-state index in [0.717, 1.165) is 16.9 Å². The van der Waals surface area contributed by atoms with Gasteiger partial charge in [-0.25, -0.2) is 4.98 Å². The summed E-state index contributed by atoms with van der Waals surface area (Å²) in [5.41, 5.74) is 10.4. The molecule has 1 aromatic heterocycles. The van der Waals surface area contributed by atoms with E-state index < -0.39 is 0 Å². The van der Waals surface area contributed by atoms with Gasteiger partial charge in [0, 0.05) is 5.56 Å². The molecule has 0 fully saturated rings. The van der Waals surface area contributed by atoms with Crippen molar-refractivity contribution in [2.45, 2.75) is 13.3 Å². The van der Waals surface area contributed by atoms with E-state index in [1.165, 1.54) is 21.4 Å². The SMILES string of the molecule is Cc1ccc2nc(-c3cccc(CCN)c3)sc2c1. The average molecular weight is 268 g/mol. The van der Waals surface area contributed by atoms with Gasteiger partial charge < -0.3 is 5.73 Å². The Hall–Kier alpha value is -1.71. The molecule has 0 amide bonds. The van der Waals surface area contributed by atoms with Gasteiger partial charge in [-0.15, -0.1) is 11.3 Å². The third kappa shape index (κ3) is 2.53. The Balaban J connectivity index is 2.05. The minimum Gasteiger partial charge on any atom is -0.330 e. The minimum atomic E-state index is 0.683. The van der Waals surface area contributed by atoms with Gasteiger partial charge in [0.15, 0.2) is 0 Å². The standard InChI is InChI=1S/C16H16N2S/c1-11-5-6-14-15(9-11)19-16(18-14)13-4-2-3-12(10-13)7-8-17/h2-6,9-10H,7-8,17H2,1H3. The molecule has 3 aromatic rings. The second-order valence-electron chi connectivity index (χ2n) is 4.73. The van der Waals surface area contributed by atoms with Gasteiger partial charge in [-0.1, -0.05) is 24.3 Å². The van der Waals surface area contributed by atoms with Crippen molar-refractivity contribution in [3.8, 4) is 10.6 Å². The quantitative estimate of drug-likeness (QED) is 0.785. The molecule has 96 valence electrons. The van der Waals surface area contributed by atoms with Gasteiger partial charge in [-0.2, -0.15) is 0 Å². The van der Waals surface area contributed by atoms with Crippen LogP contribution < -0.4 is 5.73 Å². The lowest BCUT2D eigenvalue weighted by Crippen LogP contribution is -2.02. The number of fused-ring (bicyclic) bond motifs is 1. The van der Waals surface area contributed by atoms with Crippen molar-refractivity contribution in [2.75, 3.05) is 6.54 Å². The highest BCUT2D eigenvalue weighted by Crippen LogP contribution is 2.31. The van der Waals surface area contributed by atoms with Gasteiger partial charge in [0.25, 0.3) is 0 Å². The fourth-order valence-electron chi connectivity index (χ4n) is 2.18. The molecule has 2 aromatic carbocycles. The van der Waals surface area contributed by atoms with Gasteiger partial charge in [0.1, 0.15) is 5.01 Å². The molecule has 0 spiro atoms. The van der Waals surface area contributed by atoms with E-state index in [1.54, 1.807) is 11.3 Å². The number of thiazole rings is 1. The fourth-order valence-corrected chi connectivity index (χ4v) is 3.24.